The lowest BCUT2D eigenvalue weighted by Crippen LogP contribution is -2.28. The number of rotatable bonds is 9. The Balaban J connectivity index is 1.57. The molecule has 2 atom stereocenters. The third-order valence-corrected chi connectivity index (χ3v) is 6.86. The molecule has 0 amide bonds. The molecule has 4 nitrogen and oxygen atoms in total. The van der Waals surface area contributed by atoms with Crippen molar-refractivity contribution >= 4 is 20.8 Å². The summed E-state index contributed by atoms with van der Waals surface area (Å²) in [6.07, 6.45) is 1.44. The van der Waals surface area contributed by atoms with Gasteiger partial charge in [0.1, 0.15) is 0 Å². The van der Waals surface area contributed by atoms with Gasteiger partial charge < -0.3 is 4.74 Å². The lowest BCUT2D eigenvalue weighted by Gasteiger charge is -2.21. The van der Waals surface area contributed by atoms with E-state index < -0.39 is 10.0 Å². The smallest absolute Gasteiger partial charge is 0.240 e. The van der Waals surface area contributed by atoms with Gasteiger partial charge >= 0.3 is 0 Å². The Morgan fingerprint density at radius 2 is 1.66 bits per heavy atom. The van der Waals surface area contributed by atoms with Crippen molar-refractivity contribution in [2.45, 2.75) is 43.6 Å². The predicted molar refractivity (Wildman–Crippen MR) is 119 cm³/mol. The fourth-order valence-corrected chi connectivity index (χ4v) is 4.58. The minimum atomic E-state index is -3.49. The van der Waals surface area contributed by atoms with Crippen molar-refractivity contribution < 1.29 is 13.2 Å². The van der Waals surface area contributed by atoms with E-state index >= 15 is 0 Å². The molecule has 29 heavy (non-hydrogen) atoms. The second-order valence-corrected chi connectivity index (χ2v) is 9.37. The lowest BCUT2D eigenvalue weighted by molar-refractivity contribution is 0.0842. The van der Waals surface area contributed by atoms with Crippen LogP contribution in [0.4, 0.5) is 0 Å². The first-order valence-corrected chi connectivity index (χ1v) is 11.4. The normalized spacial score (nSPS) is 14.0. The van der Waals surface area contributed by atoms with E-state index in [0.29, 0.717) is 23.8 Å². The van der Waals surface area contributed by atoms with Crippen LogP contribution in [-0.2, 0) is 14.8 Å². The molecule has 0 spiro atoms. The number of methoxy groups -OCH3 is 1. The molecule has 0 aliphatic rings. The first-order chi connectivity index (χ1) is 13.9. The fraction of sp³-hybridized carbons (Fsp3) is 0.333. The van der Waals surface area contributed by atoms with Crippen molar-refractivity contribution in [1.82, 2.24) is 4.72 Å². The van der Waals surface area contributed by atoms with Gasteiger partial charge in [-0.15, -0.1) is 0 Å². The SMILES string of the molecule is COC(CCNS(=O)(=O)c1ccc(C)cc1)CC(C)c1ccc2ccccc2c1. The Morgan fingerprint density at radius 3 is 2.34 bits per heavy atom. The molecule has 2 unspecified atom stereocenters. The average molecular weight is 412 g/mol. The Hall–Kier alpha value is -2.21. The van der Waals surface area contributed by atoms with Crippen molar-refractivity contribution in [2.24, 2.45) is 0 Å². The van der Waals surface area contributed by atoms with E-state index in [1.165, 1.54) is 16.3 Å². The highest BCUT2D eigenvalue weighted by molar-refractivity contribution is 7.89. The van der Waals surface area contributed by atoms with Crippen LogP contribution in [-0.4, -0.2) is 28.2 Å². The Labute approximate surface area is 174 Å². The van der Waals surface area contributed by atoms with Crippen LogP contribution in [0, 0.1) is 6.92 Å². The Morgan fingerprint density at radius 1 is 0.966 bits per heavy atom. The molecule has 0 bridgehead atoms. The highest BCUT2D eigenvalue weighted by Gasteiger charge is 2.17. The van der Waals surface area contributed by atoms with E-state index in [9.17, 15) is 8.42 Å². The Bertz CT molecular complexity index is 1050. The molecule has 154 valence electrons. The van der Waals surface area contributed by atoms with Gasteiger partial charge in [-0.25, -0.2) is 13.1 Å². The van der Waals surface area contributed by atoms with Crippen molar-refractivity contribution in [3.05, 3.63) is 77.9 Å². The molecule has 5 heteroatoms. The number of ether oxygens (including phenoxy) is 1. The third kappa shape index (κ3) is 5.66. The summed E-state index contributed by atoms with van der Waals surface area (Å²) in [5.41, 5.74) is 2.30. The summed E-state index contributed by atoms with van der Waals surface area (Å²) in [6.45, 7) is 4.47. The second kappa shape index (κ2) is 9.53. The van der Waals surface area contributed by atoms with Crippen molar-refractivity contribution in [3.63, 3.8) is 0 Å². The van der Waals surface area contributed by atoms with E-state index in [-0.39, 0.29) is 6.10 Å². The van der Waals surface area contributed by atoms with E-state index in [1.807, 2.05) is 13.0 Å². The fourth-order valence-electron chi connectivity index (χ4n) is 3.53. The molecular weight excluding hydrogens is 382 g/mol. The molecule has 0 aliphatic carbocycles. The van der Waals surface area contributed by atoms with Crippen LogP contribution < -0.4 is 4.72 Å². The molecular formula is C24H29NO3S. The first kappa shape index (κ1) is 21.5. The van der Waals surface area contributed by atoms with Crippen molar-refractivity contribution in [1.29, 1.82) is 0 Å². The summed E-state index contributed by atoms with van der Waals surface area (Å²) in [5, 5.41) is 2.47. The number of sulfonamides is 1. The molecule has 3 rings (SSSR count). The molecule has 0 saturated heterocycles. The number of fused-ring (bicyclic) bond motifs is 1. The van der Waals surface area contributed by atoms with E-state index in [1.54, 1.807) is 31.4 Å². The zero-order chi connectivity index (χ0) is 20.9. The maximum absolute atomic E-state index is 12.4. The van der Waals surface area contributed by atoms with Gasteiger partial charge in [-0.3, -0.25) is 0 Å². The van der Waals surface area contributed by atoms with Gasteiger partial charge in [0.2, 0.25) is 10.0 Å². The molecule has 0 heterocycles. The topological polar surface area (TPSA) is 55.4 Å². The van der Waals surface area contributed by atoms with Gasteiger partial charge in [0.15, 0.2) is 0 Å². The molecule has 0 saturated carbocycles. The lowest BCUT2D eigenvalue weighted by atomic mass is 9.92. The van der Waals surface area contributed by atoms with Crippen LogP contribution in [0.25, 0.3) is 10.8 Å². The van der Waals surface area contributed by atoms with Crippen LogP contribution in [0.2, 0.25) is 0 Å². The van der Waals surface area contributed by atoms with E-state index in [2.05, 4.69) is 48.0 Å². The van der Waals surface area contributed by atoms with E-state index in [4.69, 9.17) is 4.74 Å². The van der Waals surface area contributed by atoms with E-state index in [0.717, 1.165) is 12.0 Å². The summed E-state index contributed by atoms with van der Waals surface area (Å²) < 4.78 is 33.2. The molecule has 3 aromatic carbocycles. The van der Waals surface area contributed by atoms with Crippen LogP contribution in [0.5, 0.6) is 0 Å². The van der Waals surface area contributed by atoms with Crippen molar-refractivity contribution in [2.75, 3.05) is 13.7 Å². The number of benzene rings is 3. The zero-order valence-corrected chi connectivity index (χ0v) is 18.1. The van der Waals surface area contributed by atoms with Gasteiger partial charge in [-0.1, -0.05) is 67.1 Å². The average Bonchev–Trinajstić information content (AvgIpc) is 2.72. The minimum absolute atomic E-state index is 0.0165. The monoisotopic (exact) mass is 411 g/mol. The van der Waals surface area contributed by atoms with Crippen LogP contribution in [0.3, 0.4) is 0 Å². The summed E-state index contributed by atoms with van der Waals surface area (Å²) >= 11 is 0. The van der Waals surface area contributed by atoms with Gasteiger partial charge in [-0.2, -0.15) is 0 Å². The van der Waals surface area contributed by atoms with Gasteiger partial charge in [-0.05, 0) is 54.2 Å². The van der Waals surface area contributed by atoms with Crippen molar-refractivity contribution in [3.8, 4) is 0 Å². The highest BCUT2D eigenvalue weighted by atomic mass is 32.2. The molecule has 0 fully saturated rings. The maximum Gasteiger partial charge on any atom is 0.240 e. The number of hydrogen-bond donors (Lipinski definition) is 1. The summed E-state index contributed by atoms with van der Waals surface area (Å²) in [5.74, 6) is 0.318. The van der Waals surface area contributed by atoms with Crippen LogP contribution >= 0.6 is 0 Å². The first-order valence-electron chi connectivity index (χ1n) is 9.97. The second-order valence-electron chi connectivity index (χ2n) is 7.60. The molecule has 0 aliphatic heterocycles. The molecule has 0 aromatic heterocycles. The third-order valence-electron chi connectivity index (χ3n) is 5.38. The van der Waals surface area contributed by atoms with Gasteiger partial charge in [0, 0.05) is 13.7 Å². The number of nitrogens with one attached hydrogen (secondary N) is 1. The minimum Gasteiger partial charge on any atom is -0.381 e. The molecule has 0 radical (unpaired) electrons. The largest absolute Gasteiger partial charge is 0.381 e. The van der Waals surface area contributed by atoms with Gasteiger partial charge in [0.25, 0.3) is 0 Å². The quantitative estimate of drug-likeness (QED) is 0.537. The summed E-state index contributed by atoms with van der Waals surface area (Å²) in [7, 11) is -1.80. The molecule has 1 N–H and O–H groups in total. The zero-order valence-electron chi connectivity index (χ0n) is 17.3. The highest BCUT2D eigenvalue weighted by Crippen LogP contribution is 2.26. The maximum atomic E-state index is 12.4. The summed E-state index contributed by atoms with van der Waals surface area (Å²) in [6, 6.07) is 21.8. The summed E-state index contributed by atoms with van der Waals surface area (Å²) in [4.78, 5) is 0.293. The number of hydrogen-bond acceptors (Lipinski definition) is 3. The Kier molecular flexibility index (Phi) is 7.06. The standard InChI is InChI=1S/C24H29NO3S/c1-18-8-12-24(13-9-18)29(26,27)25-15-14-23(28-3)16-19(2)21-11-10-20-6-4-5-7-22(20)17-21/h4-13,17,19,23,25H,14-16H2,1-3H3. The van der Waals surface area contributed by atoms with Crippen LogP contribution in [0.15, 0.2) is 71.6 Å². The van der Waals surface area contributed by atoms with Crippen LogP contribution in [0.1, 0.15) is 36.8 Å². The number of aryl methyl sites for hydroxylation is 1. The molecule has 3 aromatic rings. The predicted octanol–water partition coefficient (Wildman–Crippen LogP) is 5.03. The van der Waals surface area contributed by atoms with Gasteiger partial charge in [0.05, 0.1) is 11.0 Å².